The van der Waals surface area contributed by atoms with Gasteiger partial charge in [-0.25, -0.2) is 4.98 Å². The number of aromatic nitrogens is 1. The number of carbonyl (C=O) groups excluding carboxylic acids is 1. The number of rotatable bonds is 7. The fourth-order valence-corrected chi connectivity index (χ4v) is 2.43. The first-order valence-corrected chi connectivity index (χ1v) is 6.87. The van der Waals surface area contributed by atoms with Crippen LogP contribution < -0.4 is 0 Å². The molecule has 1 N–H and O–H groups in total. The zero-order valence-electron chi connectivity index (χ0n) is 10.7. The van der Waals surface area contributed by atoms with Crippen molar-refractivity contribution in [2.45, 2.75) is 33.1 Å². The van der Waals surface area contributed by atoms with Crippen molar-refractivity contribution in [2.24, 2.45) is 0 Å². The lowest BCUT2D eigenvalue weighted by Crippen LogP contribution is -2.37. The van der Waals surface area contributed by atoms with Gasteiger partial charge in [-0.05, 0) is 12.8 Å². The highest BCUT2D eigenvalue weighted by Gasteiger charge is 2.17. The Morgan fingerprint density at radius 3 is 2.67 bits per heavy atom. The highest BCUT2D eigenvalue weighted by Crippen LogP contribution is 2.12. The molecule has 5 nitrogen and oxygen atoms in total. The second kappa shape index (κ2) is 7.10. The number of hydrogen-bond donors (Lipinski definition) is 1. The molecule has 100 valence electrons. The molecule has 1 amide bonds. The molecule has 0 radical (unpaired) electrons. The Labute approximate surface area is 110 Å². The number of aliphatic carboxylic acids is 1. The summed E-state index contributed by atoms with van der Waals surface area (Å²) in [6.45, 7) is 4.16. The van der Waals surface area contributed by atoms with Crippen molar-refractivity contribution in [2.75, 3.05) is 13.1 Å². The third kappa shape index (κ3) is 4.44. The molecule has 0 aromatic carbocycles. The van der Waals surface area contributed by atoms with Crippen LogP contribution in [0, 0.1) is 0 Å². The van der Waals surface area contributed by atoms with E-state index >= 15 is 0 Å². The third-order valence-electron chi connectivity index (χ3n) is 2.44. The monoisotopic (exact) mass is 270 g/mol. The largest absolute Gasteiger partial charge is 0.480 e. The highest BCUT2D eigenvalue weighted by atomic mass is 32.1. The van der Waals surface area contributed by atoms with Gasteiger partial charge in [-0.2, -0.15) is 0 Å². The molecule has 0 saturated carbocycles. The Kier molecular flexibility index (Phi) is 5.77. The van der Waals surface area contributed by atoms with E-state index < -0.39 is 5.97 Å². The number of thiazole rings is 1. The van der Waals surface area contributed by atoms with Crippen LogP contribution in [0.3, 0.4) is 0 Å². The van der Waals surface area contributed by atoms with Gasteiger partial charge in [-0.15, -0.1) is 11.3 Å². The van der Waals surface area contributed by atoms with Crippen molar-refractivity contribution in [3.63, 3.8) is 0 Å². The van der Waals surface area contributed by atoms with Crippen LogP contribution in [-0.2, 0) is 22.4 Å². The molecule has 1 heterocycles. The van der Waals surface area contributed by atoms with Gasteiger partial charge in [0, 0.05) is 11.9 Å². The summed E-state index contributed by atoms with van der Waals surface area (Å²) in [5.41, 5.74) is 0.975. The molecule has 0 spiro atoms. The summed E-state index contributed by atoms with van der Waals surface area (Å²) in [7, 11) is 0. The molecule has 18 heavy (non-hydrogen) atoms. The zero-order chi connectivity index (χ0) is 13.5. The maximum absolute atomic E-state index is 12.0. The summed E-state index contributed by atoms with van der Waals surface area (Å²) in [4.78, 5) is 28.3. The second-order valence-electron chi connectivity index (χ2n) is 3.97. The van der Waals surface area contributed by atoms with E-state index in [2.05, 4.69) is 4.98 Å². The van der Waals surface area contributed by atoms with E-state index in [1.165, 1.54) is 16.2 Å². The van der Waals surface area contributed by atoms with Gasteiger partial charge < -0.3 is 10.0 Å². The van der Waals surface area contributed by atoms with Gasteiger partial charge in [0.05, 0.1) is 12.1 Å². The normalized spacial score (nSPS) is 10.3. The molecule has 0 fully saturated rings. The molecule has 0 aliphatic rings. The van der Waals surface area contributed by atoms with E-state index in [-0.39, 0.29) is 18.9 Å². The molecule has 0 aliphatic carbocycles. The van der Waals surface area contributed by atoms with Gasteiger partial charge in [0.25, 0.3) is 0 Å². The molecule has 0 unspecified atom stereocenters. The maximum atomic E-state index is 12.0. The van der Waals surface area contributed by atoms with Crippen LogP contribution in [0.5, 0.6) is 0 Å². The van der Waals surface area contributed by atoms with Crippen molar-refractivity contribution in [3.8, 4) is 0 Å². The van der Waals surface area contributed by atoms with Gasteiger partial charge in [0.1, 0.15) is 11.6 Å². The molecule has 1 aromatic heterocycles. The topological polar surface area (TPSA) is 70.5 Å². The Morgan fingerprint density at radius 1 is 1.44 bits per heavy atom. The molecule has 1 aromatic rings. The van der Waals surface area contributed by atoms with E-state index in [0.717, 1.165) is 23.5 Å². The first-order chi connectivity index (χ1) is 8.56. The molecule has 0 aliphatic heterocycles. The lowest BCUT2D eigenvalue weighted by Gasteiger charge is -2.19. The van der Waals surface area contributed by atoms with Crippen LogP contribution in [0.15, 0.2) is 5.38 Å². The summed E-state index contributed by atoms with van der Waals surface area (Å²) in [5.74, 6) is -1.15. The highest BCUT2D eigenvalue weighted by molar-refractivity contribution is 7.09. The van der Waals surface area contributed by atoms with Gasteiger partial charge in [-0.1, -0.05) is 13.8 Å². The summed E-state index contributed by atoms with van der Waals surface area (Å²) >= 11 is 1.45. The van der Waals surface area contributed by atoms with Crippen molar-refractivity contribution < 1.29 is 14.7 Å². The minimum atomic E-state index is -0.981. The van der Waals surface area contributed by atoms with Gasteiger partial charge in [0.15, 0.2) is 0 Å². The summed E-state index contributed by atoms with van der Waals surface area (Å²) in [6.07, 6.45) is 1.79. The molecule has 0 atom stereocenters. The van der Waals surface area contributed by atoms with Crippen LogP contribution >= 0.6 is 11.3 Å². The number of aryl methyl sites for hydroxylation is 1. The summed E-state index contributed by atoms with van der Waals surface area (Å²) < 4.78 is 0. The minimum Gasteiger partial charge on any atom is -0.480 e. The van der Waals surface area contributed by atoms with Crippen molar-refractivity contribution in [1.82, 2.24) is 9.88 Å². The quantitative estimate of drug-likeness (QED) is 0.816. The number of carbonyl (C=O) groups is 2. The van der Waals surface area contributed by atoms with Crippen LogP contribution in [-0.4, -0.2) is 40.0 Å². The average molecular weight is 270 g/mol. The summed E-state index contributed by atoms with van der Waals surface area (Å²) in [5, 5.41) is 11.4. The standard InChI is InChI=1S/C12H18N2O3S/c1-3-5-14(7-12(16)17)11(15)6-10-13-9(4-2)8-18-10/h8H,3-7H2,1-2H3,(H,16,17). The van der Waals surface area contributed by atoms with Crippen LogP contribution in [0.1, 0.15) is 31.0 Å². The van der Waals surface area contributed by atoms with E-state index in [1.54, 1.807) is 0 Å². The molecule has 0 bridgehead atoms. The SMILES string of the molecule is CCCN(CC(=O)O)C(=O)Cc1nc(CC)cs1. The molecule has 6 heteroatoms. The lowest BCUT2D eigenvalue weighted by molar-refractivity contribution is -0.144. The minimum absolute atomic E-state index is 0.170. The number of carboxylic acids is 1. The maximum Gasteiger partial charge on any atom is 0.323 e. The van der Waals surface area contributed by atoms with Gasteiger partial charge >= 0.3 is 5.97 Å². The van der Waals surface area contributed by atoms with Crippen LogP contribution in [0.2, 0.25) is 0 Å². The summed E-state index contributed by atoms with van der Waals surface area (Å²) in [6, 6.07) is 0. The molecular formula is C12H18N2O3S. The number of hydrogen-bond acceptors (Lipinski definition) is 4. The third-order valence-corrected chi connectivity index (χ3v) is 3.33. The van der Waals surface area contributed by atoms with Gasteiger partial charge in [0.2, 0.25) is 5.91 Å². The molecule has 0 saturated heterocycles. The number of carboxylic acid groups (broad SMARTS) is 1. The number of nitrogens with zero attached hydrogens (tertiary/aromatic N) is 2. The van der Waals surface area contributed by atoms with Crippen molar-refractivity contribution in [1.29, 1.82) is 0 Å². The predicted octanol–water partition coefficient (Wildman–Crippen LogP) is 1.57. The van der Waals surface area contributed by atoms with Gasteiger partial charge in [-0.3, -0.25) is 9.59 Å². The number of amides is 1. The first-order valence-electron chi connectivity index (χ1n) is 5.99. The van der Waals surface area contributed by atoms with E-state index in [1.807, 2.05) is 19.2 Å². The zero-order valence-corrected chi connectivity index (χ0v) is 11.5. The van der Waals surface area contributed by atoms with Crippen molar-refractivity contribution >= 4 is 23.2 Å². The first kappa shape index (κ1) is 14.6. The fraction of sp³-hybridized carbons (Fsp3) is 0.583. The van der Waals surface area contributed by atoms with E-state index in [9.17, 15) is 9.59 Å². The Hall–Kier alpha value is -1.43. The van der Waals surface area contributed by atoms with E-state index in [4.69, 9.17) is 5.11 Å². The molecule has 1 rings (SSSR count). The van der Waals surface area contributed by atoms with E-state index in [0.29, 0.717) is 6.54 Å². The Morgan fingerprint density at radius 2 is 2.17 bits per heavy atom. The predicted molar refractivity (Wildman–Crippen MR) is 69.7 cm³/mol. The Bertz CT molecular complexity index is 417. The average Bonchev–Trinajstić information content (AvgIpc) is 2.75. The molecular weight excluding hydrogens is 252 g/mol. The van der Waals surface area contributed by atoms with Crippen LogP contribution in [0.25, 0.3) is 0 Å². The van der Waals surface area contributed by atoms with Crippen LogP contribution in [0.4, 0.5) is 0 Å². The smallest absolute Gasteiger partial charge is 0.323 e. The Balaban J connectivity index is 2.62. The fourth-order valence-electron chi connectivity index (χ4n) is 1.56. The lowest BCUT2D eigenvalue weighted by atomic mass is 10.3. The second-order valence-corrected chi connectivity index (χ2v) is 4.91. The van der Waals surface area contributed by atoms with Crippen molar-refractivity contribution in [3.05, 3.63) is 16.1 Å².